The summed E-state index contributed by atoms with van der Waals surface area (Å²) in [6, 6.07) is 0.527. The van der Waals surface area contributed by atoms with Crippen molar-refractivity contribution in [2.24, 2.45) is 28.0 Å². The number of nitrogens with zero attached hydrogens (tertiary/aromatic N) is 1. The fraction of sp³-hybridized carbons (Fsp3) is 0.933. The summed E-state index contributed by atoms with van der Waals surface area (Å²) in [6.07, 6.45) is 9.72. The van der Waals surface area contributed by atoms with Gasteiger partial charge >= 0.3 is 0 Å². The van der Waals surface area contributed by atoms with E-state index in [1.165, 1.54) is 44.9 Å². The zero-order chi connectivity index (χ0) is 12.9. The Kier molecular flexibility index (Phi) is 4.19. The molecule has 1 heterocycles. The number of nitrogens with one attached hydrogen (secondary N) is 1. The molecule has 114 valence electrons. The largest absolute Gasteiger partial charge is 0.377 e. The van der Waals surface area contributed by atoms with Crippen LogP contribution in [-0.4, -0.2) is 31.3 Å². The molecular formula is C15H26IN3O. The molecule has 3 unspecified atom stereocenters. The van der Waals surface area contributed by atoms with Crippen LogP contribution in [0.1, 0.15) is 44.9 Å². The van der Waals surface area contributed by atoms with Gasteiger partial charge in [0.1, 0.15) is 0 Å². The van der Waals surface area contributed by atoms with Gasteiger partial charge in [0, 0.05) is 30.5 Å². The minimum Gasteiger partial charge on any atom is -0.377 e. The topological polar surface area (TPSA) is 59.6 Å². The number of hydrogen-bond donors (Lipinski definition) is 2. The van der Waals surface area contributed by atoms with Crippen LogP contribution >= 0.6 is 24.0 Å². The fourth-order valence-corrected chi connectivity index (χ4v) is 4.56. The lowest BCUT2D eigenvalue weighted by molar-refractivity contribution is -0.171. The lowest BCUT2D eigenvalue weighted by Gasteiger charge is -2.63. The van der Waals surface area contributed by atoms with Crippen LogP contribution in [0.15, 0.2) is 4.99 Å². The molecule has 4 nitrogen and oxygen atoms in total. The minimum absolute atomic E-state index is 0. The SMILES string of the molecule is I.NC(=NCC1CCC1)NC1C2CCOC2C12CCC2. The van der Waals surface area contributed by atoms with Crippen LogP contribution in [0, 0.1) is 17.3 Å². The number of hydrogen-bond acceptors (Lipinski definition) is 2. The third-order valence-electron chi connectivity index (χ3n) is 6.08. The molecule has 0 aromatic rings. The number of aliphatic imine (C=N–C) groups is 1. The van der Waals surface area contributed by atoms with E-state index in [0.717, 1.165) is 19.1 Å². The molecule has 4 rings (SSSR count). The molecule has 0 bridgehead atoms. The van der Waals surface area contributed by atoms with E-state index in [2.05, 4.69) is 10.3 Å². The summed E-state index contributed by atoms with van der Waals surface area (Å²) >= 11 is 0. The number of fused-ring (bicyclic) bond motifs is 2. The van der Waals surface area contributed by atoms with Gasteiger partial charge < -0.3 is 15.8 Å². The Hall–Kier alpha value is -0.0400. The second-order valence-electron chi connectivity index (χ2n) is 6.98. The molecule has 1 saturated heterocycles. The van der Waals surface area contributed by atoms with Gasteiger partial charge in [0.05, 0.1) is 6.10 Å². The smallest absolute Gasteiger partial charge is 0.188 e. The number of rotatable bonds is 3. The Balaban J connectivity index is 0.00000121. The monoisotopic (exact) mass is 391 g/mol. The maximum atomic E-state index is 6.09. The zero-order valence-electron chi connectivity index (χ0n) is 12.0. The highest BCUT2D eigenvalue weighted by Gasteiger charge is 2.66. The van der Waals surface area contributed by atoms with E-state index in [9.17, 15) is 0 Å². The Morgan fingerprint density at radius 1 is 1.25 bits per heavy atom. The van der Waals surface area contributed by atoms with Crippen molar-refractivity contribution in [3.63, 3.8) is 0 Å². The van der Waals surface area contributed by atoms with Crippen LogP contribution in [0.25, 0.3) is 0 Å². The van der Waals surface area contributed by atoms with Gasteiger partial charge in [-0.05, 0) is 38.0 Å². The Morgan fingerprint density at radius 3 is 2.65 bits per heavy atom. The highest BCUT2D eigenvalue weighted by atomic mass is 127. The number of halogens is 1. The average Bonchev–Trinajstić information content (AvgIpc) is 2.67. The van der Waals surface area contributed by atoms with Gasteiger partial charge in [-0.3, -0.25) is 4.99 Å². The predicted octanol–water partition coefficient (Wildman–Crippen LogP) is 2.27. The van der Waals surface area contributed by atoms with Crippen LogP contribution in [0.4, 0.5) is 0 Å². The Morgan fingerprint density at radius 2 is 2.05 bits per heavy atom. The van der Waals surface area contributed by atoms with Gasteiger partial charge in [-0.2, -0.15) is 0 Å². The predicted molar refractivity (Wildman–Crippen MR) is 90.3 cm³/mol. The number of nitrogens with two attached hydrogens (primary N) is 1. The van der Waals surface area contributed by atoms with Gasteiger partial charge in [-0.15, -0.1) is 24.0 Å². The van der Waals surface area contributed by atoms with Crippen molar-refractivity contribution < 1.29 is 4.74 Å². The van der Waals surface area contributed by atoms with Crippen molar-refractivity contribution in [3.05, 3.63) is 0 Å². The molecule has 0 aromatic heterocycles. The van der Waals surface area contributed by atoms with E-state index < -0.39 is 0 Å². The molecule has 3 aliphatic carbocycles. The molecule has 1 aliphatic heterocycles. The Labute approximate surface area is 138 Å². The van der Waals surface area contributed by atoms with Gasteiger partial charge in [0.2, 0.25) is 0 Å². The molecule has 0 aromatic carbocycles. The van der Waals surface area contributed by atoms with Crippen molar-refractivity contribution in [1.29, 1.82) is 0 Å². The second-order valence-corrected chi connectivity index (χ2v) is 6.98. The van der Waals surface area contributed by atoms with Crippen molar-refractivity contribution >= 4 is 29.9 Å². The summed E-state index contributed by atoms with van der Waals surface area (Å²) < 4.78 is 5.93. The lowest BCUT2D eigenvalue weighted by Crippen LogP contribution is -2.72. The van der Waals surface area contributed by atoms with E-state index in [0.29, 0.717) is 29.4 Å². The maximum Gasteiger partial charge on any atom is 0.188 e. The fourth-order valence-electron chi connectivity index (χ4n) is 4.56. The summed E-state index contributed by atoms with van der Waals surface area (Å²) in [5.41, 5.74) is 6.49. The van der Waals surface area contributed by atoms with E-state index in [4.69, 9.17) is 10.5 Å². The number of ether oxygens (including phenoxy) is 1. The molecule has 20 heavy (non-hydrogen) atoms. The van der Waals surface area contributed by atoms with Crippen molar-refractivity contribution in [2.45, 2.75) is 57.1 Å². The molecule has 4 aliphatic rings. The van der Waals surface area contributed by atoms with Crippen molar-refractivity contribution in [3.8, 4) is 0 Å². The van der Waals surface area contributed by atoms with Crippen LogP contribution < -0.4 is 11.1 Å². The molecule has 0 amide bonds. The first-order chi connectivity index (χ1) is 9.29. The third kappa shape index (κ3) is 2.16. The average molecular weight is 391 g/mol. The van der Waals surface area contributed by atoms with E-state index >= 15 is 0 Å². The van der Waals surface area contributed by atoms with Gasteiger partial charge in [-0.1, -0.05) is 12.8 Å². The first-order valence-electron chi connectivity index (χ1n) is 7.98. The number of guanidine groups is 1. The normalized spacial score (nSPS) is 38.2. The van der Waals surface area contributed by atoms with Crippen molar-refractivity contribution in [1.82, 2.24) is 5.32 Å². The van der Waals surface area contributed by atoms with Crippen LogP contribution in [-0.2, 0) is 4.74 Å². The van der Waals surface area contributed by atoms with E-state index in [-0.39, 0.29) is 24.0 Å². The quantitative estimate of drug-likeness (QED) is 0.441. The summed E-state index contributed by atoms with van der Waals surface area (Å²) in [4.78, 5) is 4.55. The molecule has 5 heteroatoms. The molecular weight excluding hydrogens is 365 g/mol. The molecule has 1 spiro atoms. The molecule has 4 fully saturated rings. The van der Waals surface area contributed by atoms with Gasteiger partial charge in [-0.25, -0.2) is 0 Å². The van der Waals surface area contributed by atoms with Crippen LogP contribution in [0.3, 0.4) is 0 Å². The maximum absolute atomic E-state index is 6.09. The summed E-state index contributed by atoms with van der Waals surface area (Å²) in [5.74, 6) is 2.15. The molecule has 3 saturated carbocycles. The van der Waals surface area contributed by atoms with Gasteiger partial charge in [0.25, 0.3) is 0 Å². The van der Waals surface area contributed by atoms with Crippen LogP contribution in [0.2, 0.25) is 0 Å². The molecule has 3 N–H and O–H groups in total. The standard InChI is InChI=1S/C15H25N3O.HI/c16-14(17-9-10-3-1-4-10)18-12-11-5-8-19-13(11)15(12)6-2-7-15;/h10-13H,1-9H2,(H3,16,17,18);1H. The highest BCUT2D eigenvalue weighted by molar-refractivity contribution is 14.0. The van der Waals surface area contributed by atoms with Crippen LogP contribution in [0.5, 0.6) is 0 Å². The van der Waals surface area contributed by atoms with E-state index in [1.54, 1.807) is 0 Å². The second kappa shape index (κ2) is 5.63. The third-order valence-corrected chi connectivity index (χ3v) is 6.08. The minimum atomic E-state index is 0. The summed E-state index contributed by atoms with van der Waals surface area (Å²) in [7, 11) is 0. The summed E-state index contributed by atoms with van der Waals surface area (Å²) in [5, 5.41) is 3.53. The first-order valence-corrected chi connectivity index (χ1v) is 7.98. The molecule has 0 radical (unpaired) electrons. The summed E-state index contributed by atoms with van der Waals surface area (Å²) in [6.45, 7) is 1.86. The highest BCUT2D eigenvalue weighted by Crippen LogP contribution is 2.62. The zero-order valence-corrected chi connectivity index (χ0v) is 14.3. The molecule has 3 atom stereocenters. The lowest BCUT2D eigenvalue weighted by atomic mass is 9.46. The van der Waals surface area contributed by atoms with Crippen molar-refractivity contribution in [2.75, 3.05) is 13.2 Å². The first kappa shape index (κ1) is 14.9. The Bertz CT molecular complexity index is 393. The van der Waals surface area contributed by atoms with Gasteiger partial charge in [0.15, 0.2) is 5.96 Å². The van der Waals surface area contributed by atoms with E-state index in [1.807, 2.05) is 0 Å².